The van der Waals surface area contributed by atoms with Crippen LogP contribution in [0.3, 0.4) is 0 Å². The first-order valence-corrected chi connectivity index (χ1v) is 12.0. The molecule has 0 spiro atoms. The molecule has 0 saturated heterocycles. The Morgan fingerprint density at radius 1 is 1.03 bits per heavy atom. The molecular formula is C26H29N9O2. The molecule has 4 aromatic heterocycles. The average Bonchev–Trinajstić information content (AvgIpc) is 3.34. The maximum absolute atomic E-state index is 13.0. The minimum absolute atomic E-state index is 0.0153. The van der Waals surface area contributed by atoms with Gasteiger partial charge in [-0.2, -0.15) is 0 Å². The number of H-pyrrole nitrogens is 1. The Balaban J connectivity index is 1.69. The second-order valence-corrected chi connectivity index (χ2v) is 8.78. The second kappa shape index (κ2) is 10.5. The van der Waals surface area contributed by atoms with Gasteiger partial charge in [-0.25, -0.2) is 9.97 Å². The minimum Gasteiger partial charge on any atom is -0.383 e. The van der Waals surface area contributed by atoms with Gasteiger partial charge in [0.15, 0.2) is 5.82 Å². The molecular weight excluding hydrogens is 470 g/mol. The van der Waals surface area contributed by atoms with E-state index in [2.05, 4.69) is 30.2 Å². The molecule has 4 rings (SSSR count). The lowest BCUT2D eigenvalue weighted by Crippen LogP contribution is -2.30. The van der Waals surface area contributed by atoms with Gasteiger partial charge in [-0.3, -0.25) is 25.0 Å². The topological polar surface area (TPSA) is 167 Å². The number of hydrogen-bond acceptors (Lipinski definition) is 8. The fourth-order valence-electron chi connectivity index (χ4n) is 3.80. The summed E-state index contributed by atoms with van der Waals surface area (Å²) in [5.74, 6) is -0.0686. The number of nitrogens with zero attached hydrogens (tertiary/aromatic N) is 5. The van der Waals surface area contributed by atoms with Crippen molar-refractivity contribution < 1.29 is 9.59 Å². The van der Waals surface area contributed by atoms with E-state index < -0.39 is 0 Å². The molecule has 4 heterocycles. The van der Waals surface area contributed by atoms with E-state index >= 15 is 0 Å². The van der Waals surface area contributed by atoms with Crippen molar-refractivity contribution in [3.05, 3.63) is 60.1 Å². The zero-order valence-electron chi connectivity index (χ0n) is 21.2. The molecule has 190 valence electrons. The number of imidazole rings is 1. The van der Waals surface area contributed by atoms with Crippen molar-refractivity contribution >= 4 is 40.1 Å². The first kappa shape index (κ1) is 25.4. The second-order valence-electron chi connectivity index (χ2n) is 8.78. The van der Waals surface area contributed by atoms with Crippen molar-refractivity contribution in [3.8, 4) is 11.1 Å². The number of carbonyl (C=O) groups excluding carboxylic acids is 2. The third-order valence-corrected chi connectivity index (χ3v) is 5.96. The maximum atomic E-state index is 13.0. The molecule has 5 N–H and O–H groups in total. The van der Waals surface area contributed by atoms with Gasteiger partial charge in [0.2, 0.25) is 5.91 Å². The van der Waals surface area contributed by atoms with Crippen LogP contribution in [0, 0.1) is 11.3 Å². The molecule has 11 nitrogen and oxygen atoms in total. The van der Waals surface area contributed by atoms with Gasteiger partial charge in [0.25, 0.3) is 5.91 Å². The number of nitrogens with two attached hydrogens (primary N) is 1. The van der Waals surface area contributed by atoms with Crippen molar-refractivity contribution in [1.82, 2.24) is 29.8 Å². The first-order chi connectivity index (χ1) is 17.7. The number of rotatable bonds is 8. The fraction of sp³-hybridized carbons (Fsp3) is 0.269. The Hall–Kier alpha value is -4.67. The van der Waals surface area contributed by atoms with Crippen molar-refractivity contribution in [3.63, 3.8) is 0 Å². The number of anilines is 2. The van der Waals surface area contributed by atoms with Crippen LogP contribution in [0.15, 0.2) is 43.1 Å². The highest BCUT2D eigenvalue weighted by Gasteiger charge is 2.21. The summed E-state index contributed by atoms with van der Waals surface area (Å²) in [5, 5.41) is 11.6. The fourth-order valence-corrected chi connectivity index (χ4v) is 3.80. The van der Waals surface area contributed by atoms with Crippen LogP contribution in [-0.4, -0.2) is 60.4 Å². The largest absolute Gasteiger partial charge is 0.383 e. The highest BCUT2D eigenvalue weighted by atomic mass is 16.2. The van der Waals surface area contributed by atoms with E-state index in [1.807, 2.05) is 27.7 Å². The summed E-state index contributed by atoms with van der Waals surface area (Å²) in [6, 6.07) is 3.51. The molecule has 0 aliphatic heterocycles. The SMILES string of the molecule is CCN(CC)C(=O)c1cncc2[nH]c(C(=N)c3cc(-c4cncc(NC(=O)C(C)C)c4)cnc3N)nc12. The summed E-state index contributed by atoms with van der Waals surface area (Å²) in [6.45, 7) is 8.56. The molecule has 0 aromatic carbocycles. The number of nitrogen functional groups attached to an aromatic ring is 1. The number of aromatic nitrogens is 5. The summed E-state index contributed by atoms with van der Waals surface area (Å²) < 4.78 is 0. The van der Waals surface area contributed by atoms with Crippen LogP contribution in [0.25, 0.3) is 22.2 Å². The zero-order chi connectivity index (χ0) is 26.7. The summed E-state index contributed by atoms with van der Waals surface area (Å²) in [7, 11) is 0. The van der Waals surface area contributed by atoms with Crippen molar-refractivity contribution in [1.29, 1.82) is 5.41 Å². The van der Waals surface area contributed by atoms with Gasteiger partial charge in [0.1, 0.15) is 17.0 Å². The highest BCUT2D eigenvalue weighted by Crippen LogP contribution is 2.26. The van der Waals surface area contributed by atoms with Gasteiger partial charge in [-0.15, -0.1) is 0 Å². The molecule has 4 aromatic rings. The summed E-state index contributed by atoms with van der Waals surface area (Å²) in [4.78, 5) is 47.1. The minimum atomic E-state index is -0.173. The molecule has 37 heavy (non-hydrogen) atoms. The van der Waals surface area contributed by atoms with Gasteiger partial charge in [0, 0.05) is 54.3 Å². The average molecular weight is 500 g/mol. The van der Waals surface area contributed by atoms with Crippen molar-refractivity contribution in [2.24, 2.45) is 5.92 Å². The molecule has 2 amide bonds. The number of hydrogen-bond donors (Lipinski definition) is 4. The Kier molecular flexibility index (Phi) is 7.23. The number of nitrogens with one attached hydrogen (secondary N) is 3. The molecule has 0 aliphatic rings. The lowest BCUT2D eigenvalue weighted by Gasteiger charge is -2.18. The third kappa shape index (κ3) is 5.15. The van der Waals surface area contributed by atoms with Crippen LogP contribution >= 0.6 is 0 Å². The summed E-state index contributed by atoms with van der Waals surface area (Å²) >= 11 is 0. The lowest BCUT2D eigenvalue weighted by molar-refractivity contribution is -0.118. The number of aromatic amines is 1. The molecule has 0 saturated carbocycles. The molecule has 0 radical (unpaired) electrons. The summed E-state index contributed by atoms with van der Waals surface area (Å²) in [6.07, 6.45) is 7.85. The van der Waals surface area contributed by atoms with Crippen LogP contribution in [0.4, 0.5) is 11.5 Å². The maximum Gasteiger partial charge on any atom is 0.257 e. The Morgan fingerprint density at radius 3 is 2.43 bits per heavy atom. The van der Waals surface area contributed by atoms with E-state index in [1.54, 1.807) is 41.8 Å². The van der Waals surface area contributed by atoms with Gasteiger partial charge in [0.05, 0.1) is 29.2 Å². The molecule has 0 aliphatic carbocycles. The van der Waals surface area contributed by atoms with E-state index in [9.17, 15) is 9.59 Å². The van der Waals surface area contributed by atoms with E-state index in [-0.39, 0.29) is 35.1 Å². The molecule has 0 fully saturated rings. The van der Waals surface area contributed by atoms with Gasteiger partial charge >= 0.3 is 0 Å². The smallest absolute Gasteiger partial charge is 0.257 e. The predicted molar refractivity (Wildman–Crippen MR) is 142 cm³/mol. The third-order valence-electron chi connectivity index (χ3n) is 5.96. The van der Waals surface area contributed by atoms with E-state index in [4.69, 9.17) is 11.1 Å². The lowest BCUT2D eigenvalue weighted by atomic mass is 10.0. The highest BCUT2D eigenvalue weighted by molar-refractivity contribution is 6.14. The Bertz CT molecular complexity index is 1490. The number of pyridine rings is 3. The standard InChI is InChI=1S/C26H29N9O2/c1-5-35(6-2)26(37)19-12-30-13-20-22(19)34-24(33-20)21(27)18-8-16(10-31-23(18)28)15-7-17(11-29-9-15)32-25(36)14(3)4/h7-14,27H,5-6H2,1-4H3,(H2,28,31)(H,32,36)(H,33,34). The van der Waals surface area contributed by atoms with E-state index in [0.29, 0.717) is 52.1 Å². The zero-order valence-corrected chi connectivity index (χ0v) is 21.2. The van der Waals surface area contributed by atoms with Crippen LogP contribution in [0.5, 0.6) is 0 Å². The van der Waals surface area contributed by atoms with Crippen LogP contribution in [0.2, 0.25) is 0 Å². The van der Waals surface area contributed by atoms with Crippen molar-refractivity contribution in [2.45, 2.75) is 27.7 Å². The Morgan fingerprint density at radius 2 is 1.73 bits per heavy atom. The normalized spacial score (nSPS) is 11.1. The van der Waals surface area contributed by atoms with Crippen molar-refractivity contribution in [2.75, 3.05) is 24.1 Å². The van der Waals surface area contributed by atoms with Crippen LogP contribution in [-0.2, 0) is 4.79 Å². The van der Waals surface area contributed by atoms with Crippen LogP contribution < -0.4 is 11.1 Å². The molecule has 0 bridgehead atoms. The molecule has 0 atom stereocenters. The summed E-state index contributed by atoms with van der Waals surface area (Å²) in [5.41, 5.74) is 9.78. The Labute approximate surface area is 214 Å². The van der Waals surface area contributed by atoms with Gasteiger partial charge < -0.3 is 20.9 Å². The molecule has 0 unspecified atom stereocenters. The van der Waals surface area contributed by atoms with E-state index in [1.165, 1.54) is 6.20 Å². The number of fused-ring (bicyclic) bond motifs is 1. The number of carbonyl (C=O) groups is 2. The molecule has 11 heteroatoms. The predicted octanol–water partition coefficient (Wildman–Crippen LogP) is 3.49. The van der Waals surface area contributed by atoms with Gasteiger partial charge in [-0.1, -0.05) is 13.8 Å². The van der Waals surface area contributed by atoms with Gasteiger partial charge in [-0.05, 0) is 26.0 Å². The first-order valence-electron chi connectivity index (χ1n) is 12.0. The monoisotopic (exact) mass is 499 g/mol. The number of amides is 2. The van der Waals surface area contributed by atoms with Crippen LogP contribution in [0.1, 0.15) is 49.4 Å². The van der Waals surface area contributed by atoms with E-state index in [0.717, 1.165) is 0 Å². The quantitative estimate of drug-likeness (QED) is 0.269.